The summed E-state index contributed by atoms with van der Waals surface area (Å²) in [6.07, 6.45) is 0.554. The number of aromatic amines is 1. The fourth-order valence-corrected chi connectivity index (χ4v) is 2.77. The maximum Gasteiger partial charge on any atom is 0.328 e. The van der Waals surface area contributed by atoms with Crippen LogP contribution in [0, 0.1) is 5.82 Å². The molecule has 6 nitrogen and oxygen atoms in total. The number of amides is 1. The summed E-state index contributed by atoms with van der Waals surface area (Å²) in [7, 11) is 1.42. The molecule has 1 aromatic heterocycles. The summed E-state index contributed by atoms with van der Waals surface area (Å²) in [4.78, 5) is 25.8. The average Bonchev–Trinajstić information content (AvgIpc) is 2.90. The average molecular weight is 369 g/mol. The smallest absolute Gasteiger partial charge is 0.328 e. The topological polar surface area (TPSA) is 87.1 Å². The standard InChI is InChI=1S/C20H20FN3O3/c1-24-19(26)17(23-20(24)27)12-18(25)22-11-10-13-2-4-14(5-3-13)15-6-8-16(21)9-7-15/h2-9,26H,10-12H2,1H3,(H,22,25)(H,23,27). The van der Waals surface area contributed by atoms with Crippen molar-refractivity contribution in [3.63, 3.8) is 0 Å². The Morgan fingerprint density at radius 2 is 1.70 bits per heavy atom. The lowest BCUT2D eigenvalue weighted by molar-refractivity contribution is -0.120. The predicted octanol–water partition coefficient (Wildman–Crippen LogP) is 2.13. The first kappa shape index (κ1) is 18.4. The maximum absolute atomic E-state index is 13.0. The van der Waals surface area contributed by atoms with Gasteiger partial charge in [-0.05, 0) is 35.2 Å². The first-order valence-electron chi connectivity index (χ1n) is 8.52. The zero-order valence-electron chi connectivity index (χ0n) is 14.8. The van der Waals surface area contributed by atoms with Gasteiger partial charge in [0, 0.05) is 13.6 Å². The van der Waals surface area contributed by atoms with E-state index in [2.05, 4.69) is 10.3 Å². The highest BCUT2D eigenvalue weighted by Crippen LogP contribution is 2.20. The number of hydrogen-bond acceptors (Lipinski definition) is 3. The molecule has 0 bridgehead atoms. The largest absolute Gasteiger partial charge is 0.493 e. The van der Waals surface area contributed by atoms with Crippen LogP contribution >= 0.6 is 0 Å². The highest BCUT2D eigenvalue weighted by molar-refractivity contribution is 5.78. The molecule has 0 saturated carbocycles. The number of hydrogen-bond donors (Lipinski definition) is 3. The number of aromatic hydroxyl groups is 1. The summed E-state index contributed by atoms with van der Waals surface area (Å²) in [6, 6.07) is 14.2. The van der Waals surface area contributed by atoms with Crippen LogP contribution in [0.1, 0.15) is 11.3 Å². The van der Waals surface area contributed by atoms with Crippen LogP contribution in [0.2, 0.25) is 0 Å². The Kier molecular flexibility index (Phi) is 5.40. The Hall–Kier alpha value is -3.35. The number of benzene rings is 2. The predicted molar refractivity (Wildman–Crippen MR) is 100.0 cm³/mol. The zero-order chi connectivity index (χ0) is 19.4. The van der Waals surface area contributed by atoms with Crippen LogP contribution in [0.15, 0.2) is 53.3 Å². The third kappa shape index (κ3) is 4.44. The molecule has 0 spiro atoms. The molecular weight excluding hydrogens is 349 g/mol. The lowest BCUT2D eigenvalue weighted by Gasteiger charge is -2.07. The summed E-state index contributed by atoms with van der Waals surface area (Å²) in [5.74, 6) is -0.777. The number of nitrogens with zero attached hydrogens (tertiary/aromatic N) is 1. The Bertz CT molecular complexity index is 989. The molecule has 0 aliphatic carbocycles. The number of nitrogens with one attached hydrogen (secondary N) is 2. The summed E-state index contributed by atoms with van der Waals surface area (Å²) in [5, 5.41) is 12.5. The van der Waals surface area contributed by atoms with Gasteiger partial charge in [0.15, 0.2) is 0 Å². The van der Waals surface area contributed by atoms with E-state index in [-0.39, 0.29) is 29.7 Å². The van der Waals surface area contributed by atoms with Gasteiger partial charge in [-0.1, -0.05) is 36.4 Å². The molecule has 0 radical (unpaired) electrons. The molecule has 0 fully saturated rings. The van der Waals surface area contributed by atoms with E-state index < -0.39 is 5.69 Å². The highest BCUT2D eigenvalue weighted by atomic mass is 19.1. The van der Waals surface area contributed by atoms with E-state index in [1.165, 1.54) is 19.2 Å². The minimum Gasteiger partial charge on any atom is -0.493 e. The fraction of sp³-hybridized carbons (Fsp3) is 0.200. The van der Waals surface area contributed by atoms with Gasteiger partial charge in [0.25, 0.3) is 0 Å². The van der Waals surface area contributed by atoms with Crippen LogP contribution < -0.4 is 11.0 Å². The third-order valence-electron chi connectivity index (χ3n) is 4.35. The van der Waals surface area contributed by atoms with Gasteiger partial charge in [-0.3, -0.25) is 9.36 Å². The summed E-state index contributed by atoms with van der Waals surface area (Å²) < 4.78 is 14.0. The van der Waals surface area contributed by atoms with Gasteiger partial charge in [-0.15, -0.1) is 0 Å². The maximum atomic E-state index is 13.0. The van der Waals surface area contributed by atoms with Gasteiger partial charge in [0.2, 0.25) is 11.8 Å². The Labute approximate surface area is 155 Å². The van der Waals surface area contributed by atoms with Gasteiger partial charge < -0.3 is 15.4 Å². The van der Waals surface area contributed by atoms with E-state index >= 15 is 0 Å². The number of rotatable bonds is 6. The second-order valence-corrected chi connectivity index (χ2v) is 6.27. The van der Waals surface area contributed by atoms with E-state index in [0.717, 1.165) is 21.3 Å². The molecule has 1 amide bonds. The monoisotopic (exact) mass is 369 g/mol. The minimum atomic E-state index is -0.462. The number of aromatic nitrogens is 2. The van der Waals surface area contributed by atoms with Crippen molar-refractivity contribution < 1.29 is 14.3 Å². The van der Waals surface area contributed by atoms with E-state index in [1.54, 1.807) is 12.1 Å². The van der Waals surface area contributed by atoms with Crippen molar-refractivity contribution in [2.75, 3.05) is 6.54 Å². The van der Waals surface area contributed by atoms with Gasteiger partial charge in [-0.2, -0.15) is 0 Å². The molecule has 3 rings (SSSR count). The van der Waals surface area contributed by atoms with Crippen molar-refractivity contribution in [3.05, 3.63) is 76.1 Å². The van der Waals surface area contributed by atoms with E-state index in [0.29, 0.717) is 13.0 Å². The molecular formula is C20H20FN3O3. The Balaban J connectivity index is 1.51. The molecule has 140 valence electrons. The number of H-pyrrole nitrogens is 1. The first-order valence-corrected chi connectivity index (χ1v) is 8.52. The van der Waals surface area contributed by atoms with Crippen molar-refractivity contribution in [2.45, 2.75) is 12.8 Å². The molecule has 3 aromatic rings. The Morgan fingerprint density at radius 3 is 2.26 bits per heavy atom. The van der Waals surface area contributed by atoms with Crippen LogP contribution in [0.25, 0.3) is 11.1 Å². The molecule has 0 aliphatic rings. The lowest BCUT2D eigenvalue weighted by Crippen LogP contribution is -2.27. The van der Waals surface area contributed by atoms with Gasteiger partial charge in [0.1, 0.15) is 5.82 Å². The van der Waals surface area contributed by atoms with Gasteiger partial charge in [-0.25, -0.2) is 9.18 Å². The number of carbonyl (C=O) groups is 1. The van der Waals surface area contributed by atoms with Crippen molar-refractivity contribution in [1.82, 2.24) is 14.9 Å². The molecule has 27 heavy (non-hydrogen) atoms. The minimum absolute atomic E-state index is 0.0918. The lowest BCUT2D eigenvalue weighted by atomic mass is 10.0. The van der Waals surface area contributed by atoms with E-state index in [1.807, 2.05) is 24.3 Å². The van der Waals surface area contributed by atoms with Crippen molar-refractivity contribution in [3.8, 4) is 17.0 Å². The zero-order valence-corrected chi connectivity index (χ0v) is 14.8. The molecule has 0 unspecified atom stereocenters. The van der Waals surface area contributed by atoms with Crippen molar-refractivity contribution in [1.29, 1.82) is 0 Å². The van der Waals surface area contributed by atoms with Gasteiger partial charge in [0.05, 0.1) is 12.1 Å². The summed E-state index contributed by atoms with van der Waals surface area (Å²) in [5.41, 5.74) is 2.72. The summed E-state index contributed by atoms with van der Waals surface area (Å²) in [6.45, 7) is 0.437. The molecule has 1 heterocycles. The number of carbonyl (C=O) groups excluding carboxylic acids is 1. The first-order chi connectivity index (χ1) is 12.9. The third-order valence-corrected chi connectivity index (χ3v) is 4.35. The number of halogens is 1. The second-order valence-electron chi connectivity index (χ2n) is 6.27. The van der Waals surface area contributed by atoms with Crippen LogP contribution in [0.3, 0.4) is 0 Å². The molecule has 2 aromatic carbocycles. The quantitative estimate of drug-likeness (QED) is 0.622. The van der Waals surface area contributed by atoms with E-state index in [9.17, 15) is 19.1 Å². The molecule has 3 N–H and O–H groups in total. The highest BCUT2D eigenvalue weighted by Gasteiger charge is 2.13. The van der Waals surface area contributed by atoms with Crippen molar-refractivity contribution >= 4 is 5.91 Å². The molecule has 7 heteroatoms. The molecule has 0 saturated heterocycles. The van der Waals surface area contributed by atoms with Crippen LogP contribution in [0.4, 0.5) is 4.39 Å². The van der Waals surface area contributed by atoms with E-state index in [4.69, 9.17) is 0 Å². The van der Waals surface area contributed by atoms with Gasteiger partial charge >= 0.3 is 5.69 Å². The molecule has 0 aliphatic heterocycles. The summed E-state index contributed by atoms with van der Waals surface area (Å²) >= 11 is 0. The van der Waals surface area contributed by atoms with Crippen LogP contribution in [-0.4, -0.2) is 27.1 Å². The molecule has 0 atom stereocenters. The fourth-order valence-electron chi connectivity index (χ4n) is 2.77. The van der Waals surface area contributed by atoms with Crippen LogP contribution in [-0.2, 0) is 24.7 Å². The van der Waals surface area contributed by atoms with Crippen molar-refractivity contribution in [2.24, 2.45) is 7.05 Å². The Morgan fingerprint density at radius 1 is 1.11 bits per heavy atom. The van der Waals surface area contributed by atoms with Crippen LogP contribution in [0.5, 0.6) is 5.88 Å². The normalized spacial score (nSPS) is 10.7. The number of imidazole rings is 1. The second kappa shape index (κ2) is 7.90. The SMILES string of the molecule is Cn1c(O)c(CC(=O)NCCc2ccc(-c3ccc(F)cc3)cc2)[nH]c1=O.